The number of hydrogen-bond donors (Lipinski definition) is 2. The molecular formula is C22H28N6O2S2. The number of sulfone groups is 1. The summed E-state index contributed by atoms with van der Waals surface area (Å²) < 4.78 is 23.8. The summed E-state index contributed by atoms with van der Waals surface area (Å²) in [5.41, 5.74) is 3.24. The lowest BCUT2D eigenvalue weighted by Gasteiger charge is -2.34. The van der Waals surface area contributed by atoms with Crippen LogP contribution in [0.25, 0.3) is 10.2 Å². The summed E-state index contributed by atoms with van der Waals surface area (Å²) in [4.78, 5) is 15.1. The van der Waals surface area contributed by atoms with E-state index in [2.05, 4.69) is 57.1 Å². The summed E-state index contributed by atoms with van der Waals surface area (Å²) in [6, 6.07) is 8.25. The highest BCUT2D eigenvalue weighted by Gasteiger charge is 2.29. The molecule has 0 spiro atoms. The fourth-order valence-electron chi connectivity index (χ4n) is 4.30. The van der Waals surface area contributed by atoms with E-state index in [0.717, 1.165) is 47.6 Å². The van der Waals surface area contributed by atoms with Crippen LogP contribution in [0.5, 0.6) is 0 Å². The monoisotopic (exact) mass is 472 g/mol. The number of nitrogens with one attached hydrogen (secondary N) is 2. The molecule has 2 aliphatic heterocycles. The van der Waals surface area contributed by atoms with Gasteiger partial charge < -0.3 is 20.4 Å². The minimum absolute atomic E-state index is 0.117. The van der Waals surface area contributed by atoms with Gasteiger partial charge in [-0.3, -0.25) is 0 Å². The molecule has 0 radical (unpaired) electrons. The molecule has 2 saturated heterocycles. The number of thiophene rings is 1. The lowest BCUT2D eigenvalue weighted by atomic mass is 10.2. The first kappa shape index (κ1) is 21.4. The molecule has 5 rings (SSSR count). The van der Waals surface area contributed by atoms with E-state index in [1.807, 2.05) is 6.92 Å². The maximum atomic E-state index is 11.9. The van der Waals surface area contributed by atoms with Crippen molar-refractivity contribution in [2.75, 3.05) is 60.3 Å². The number of benzene rings is 1. The second-order valence-corrected chi connectivity index (χ2v) is 11.8. The predicted molar refractivity (Wildman–Crippen MR) is 132 cm³/mol. The molecule has 2 aromatic heterocycles. The smallest absolute Gasteiger partial charge is 0.230 e. The largest absolute Gasteiger partial charge is 0.369 e. The van der Waals surface area contributed by atoms with E-state index >= 15 is 0 Å². The first-order chi connectivity index (χ1) is 15.4. The molecule has 32 heavy (non-hydrogen) atoms. The maximum Gasteiger partial charge on any atom is 0.230 e. The van der Waals surface area contributed by atoms with Crippen LogP contribution in [-0.2, 0) is 9.84 Å². The zero-order valence-electron chi connectivity index (χ0n) is 18.3. The van der Waals surface area contributed by atoms with Gasteiger partial charge in [-0.05, 0) is 55.6 Å². The normalized spacial score (nSPS) is 21.2. The van der Waals surface area contributed by atoms with Crippen LogP contribution in [-0.4, -0.2) is 74.1 Å². The molecule has 170 valence electrons. The van der Waals surface area contributed by atoms with Gasteiger partial charge in [-0.15, -0.1) is 11.3 Å². The standard InChI is InChI=1S/C22H28N6O2S2/c1-15-13-31-21-19(15)20(23-17-7-12-32(29,30)14-17)25-22(26-21)24-16-3-5-18(6-4-16)28-10-8-27(2)9-11-28/h3-6,13,17H,7-12,14H2,1-2H3,(H2,23,24,25,26). The average molecular weight is 473 g/mol. The highest BCUT2D eigenvalue weighted by Crippen LogP contribution is 2.32. The van der Waals surface area contributed by atoms with Crippen LogP contribution in [0, 0.1) is 6.92 Å². The lowest BCUT2D eigenvalue weighted by Crippen LogP contribution is -2.44. The van der Waals surface area contributed by atoms with E-state index in [1.165, 1.54) is 5.69 Å². The van der Waals surface area contributed by atoms with Crippen molar-refractivity contribution in [3.8, 4) is 0 Å². The number of aryl methyl sites for hydroxylation is 1. The summed E-state index contributed by atoms with van der Waals surface area (Å²) in [5, 5.41) is 9.73. The maximum absolute atomic E-state index is 11.9. The molecule has 0 bridgehead atoms. The van der Waals surface area contributed by atoms with Crippen LogP contribution in [0.15, 0.2) is 29.6 Å². The van der Waals surface area contributed by atoms with Crippen LogP contribution in [0.1, 0.15) is 12.0 Å². The van der Waals surface area contributed by atoms with Crippen molar-refractivity contribution < 1.29 is 8.42 Å². The molecule has 0 saturated carbocycles. The summed E-state index contributed by atoms with van der Waals surface area (Å²) in [6.45, 7) is 6.25. The van der Waals surface area contributed by atoms with Crippen molar-refractivity contribution in [1.29, 1.82) is 0 Å². The summed E-state index contributed by atoms with van der Waals surface area (Å²) in [7, 11) is -0.809. The lowest BCUT2D eigenvalue weighted by molar-refractivity contribution is 0.313. The fraction of sp³-hybridized carbons (Fsp3) is 0.455. The Morgan fingerprint density at radius 2 is 1.84 bits per heavy atom. The Hall–Kier alpha value is -2.43. The summed E-state index contributed by atoms with van der Waals surface area (Å²) in [5.74, 6) is 1.59. The van der Waals surface area contributed by atoms with Gasteiger partial charge in [-0.1, -0.05) is 0 Å². The van der Waals surface area contributed by atoms with Crippen LogP contribution in [0.4, 0.5) is 23.1 Å². The van der Waals surface area contributed by atoms with E-state index in [1.54, 1.807) is 11.3 Å². The molecule has 1 unspecified atom stereocenters. The Bertz CT molecular complexity index is 1220. The van der Waals surface area contributed by atoms with Gasteiger partial charge in [0.05, 0.1) is 16.9 Å². The van der Waals surface area contributed by atoms with Gasteiger partial charge in [0.15, 0.2) is 9.84 Å². The van der Waals surface area contributed by atoms with Gasteiger partial charge in [-0.25, -0.2) is 13.4 Å². The molecule has 2 N–H and O–H groups in total. The van der Waals surface area contributed by atoms with Crippen LogP contribution < -0.4 is 15.5 Å². The van der Waals surface area contributed by atoms with Gasteiger partial charge in [0.1, 0.15) is 10.6 Å². The zero-order valence-corrected chi connectivity index (χ0v) is 20.0. The molecule has 2 fully saturated rings. The van der Waals surface area contributed by atoms with Crippen molar-refractivity contribution in [2.24, 2.45) is 0 Å². The average Bonchev–Trinajstić information content (AvgIpc) is 3.31. The zero-order chi connectivity index (χ0) is 22.3. The number of aromatic nitrogens is 2. The Kier molecular flexibility index (Phi) is 5.68. The Morgan fingerprint density at radius 1 is 1.09 bits per heavy atom. The van der Waals surface area contributed by atoms with Gasteiger partial charge >= 0.3 is 0 Å². The molecule has 10 heteroatoms. The molecule has 0 aliphatic carbocycles. The number of nitrogens with zero attached hydrogens (tertiary/aromatic N) is 4. The number of anilines is 4. The Labute approximate surface area is 192 Å². The third-order valence-electron chi connectivity index (χ3n) is 6.18. The fourth-order valence-corrected chi connectivity index (χ4v) is 6.89. The van der Waals surface area contributed by atoms with Crippen molar-refractivity contribution >= 4 is 54.5 Å². The number of fused-ring (bicyclic) bond motifs is 1. The molecular weight excluding hydrogens is 444 g/mol. The third kappa shape index (κ3) is 4.53. The van der Waals surface area contributed by atoms with Gasteiger partial charge in [0, 0.05) is 43.6 Å². The van der Waals surface area contributed by atoms with E-state index in [0.29, 0.717) is 18.2 Å². The molecule has 4 heterocycles. The molecule has 2 aliphatic rings. The van der Waals surface area contributed by atoms with Gasteiger partial charge in [0.2, 0.25) is 5.95 Å². The van der Waals surface area contributed by atoms with Crippen molar-refractivity contribution in [3.63, 3.8) is 0 Å². The summed E-state index contributed by atoms with van der Waals surface area (Å²) in [6.07, 6.45) is 0.605. The predicted octanol–water partition coefficient (Wildman–Crippen LogP) is 3.09. The van der Waals surface area contributed by atoms with Gasteiger partial charge in [0.25, 0.3) is 0 Å². The number of hydrogen-bond acceptors (Lipinski definition) is 9. The third-order valence-corrected chi connectivity index (χ3v) is 8.94. The first-order valence-corrected chi connectivity index (χ1v) is 13.6. The minimum atomic E-state index is -2.97. The molecule has 1 atom stereocenters. The molecule has 0 amide bonds. The van der Waals surface area contributed by atoms with Crippen molar-refractivity contribution in [1.82, 2.24) is 14.9 Å². The van der Waals surface area contributed by atoms with Crippen LogP contribution in [0.3, 0.4) is 0 Å². The topological polar surface area (TPSA) is 90.5 Å². The van der Waals surface area contributed by atoms with Gasteiger partial charge in [-0.2, -0.15) is 4.98 Å². The number of rotatable bonds is 5. The highest BCUT2D eigenvalue weighted by molar-refractivity contribution is 7.91. The second kappa shape index (κ2) is 8.49. The Balaban J connectivity index is 1.36. The van der Waals surface area contributed by atoms with Crippen LogP contribution in [0.2, 0.25) is 0 Å². The van der Waals surface area contributed by atoms with E-state index in [9.17, 15) is 8.42 Å². The molecule has 1 aromatic carbocycles. The number of piperazine rings is 1. The first-order valence-electron chi connectivity index (χ1n) is 10.9. The quantitative estimate of drug-likeness (QED) is 0.586. The van der Waals surface area contributed by atoms with E-state index < -0.39 is 9.84 Å². The SMILES string of the molecule is Cc1csc2nc(Nc3ccc(N4CCN(C)CC4)cc3)nc(NC3CCS(=O)(=O)C3)c12. The molecule has 3 aromatic rings. The van der Waals surface area contributed by atoms with Crippen molar-refractivity contribution in [2.45, 2.75) is 19.4 Å². The second-order valence-electron chi connectivity index (χ2n) is 8.70. The van der Waals surface area contributed by atoms with E-state index in [4.69, 9.17) is 9.97 Å². The van der Waals surface area contributed by atoms with Crippen LogP contribution >= 0.6 is 11.3 Å². The Morgan fingerprint density at radius 3 is 2.53 bits per heavy atom. The summed E-state index contributed by atoms with van der Waals surface area (Å²) >= 11 is 1.57. The van der Waals surface area contributed by atoms with E-state index in [-0.39, 0.29) is 17.5 Å². The molecule has 8 nitrogen and oxygen atoms in total. The number of likely N-dealkylation sites (N-methyl/N-ethyl adjacent to an activating group) is 1. The van der Waals surface area contributed by atoms with Crippen molar-refractivity contribution in [3.05, 3.63) is 35.2 Å². The minimum Gasteiger partial charge on any atom is -0.369 e. The highest BCUT2D eigenvalue weighted by atomic mass is 32.2.